The second kappa shape index (κ2) is 12.6. The minimum absolute atomic E-state index is 0.0734. The summed E-state index contributed by atoms with van der Waals surface area (Å²) in [6, 6.07) is 10.7. The Labute approximate surface area is 241 Å². The van der Waals surface area contributed by atoms with Gasteiger partial charge in [-0.1, -0.05) is 50.3 Å². The molecule has 0 bridgehead atoms. The molecule has 4 rings (SSSR count). The van der Waals surface area contributed by atoms with Crippen molar-refractivity contribution in [2.45, 2.75) is 58.2 Å². The van der Waals surface area contributed by atoms with Crippen LogP contribution in [0.25, 0.3) is 11.1 Å². The van der Waals surface area contributed by atoms with Crippen molar-refractivity contribution in [3.05, 3.63) is 77.0 Å². The van der Waals surface area contributed by atoms with Crippen molar-refractivity contribution < 1.29 is 37.5 Å². The molecule has 2 aliphatic rings. The van der Waals surface area contributed by atoms with Gasteiger partial charge in [0.25, 0.3) is 0 Å². The maximum atomic E-state index is 13.1. The first-order valence-electron chi connectivity index (χ1n) is 13.7. The summed E-state index contributed by atoms with van der Waals surface area (Å²) in [6.07, 6.45) is -0.975. The minimum Gasteiger partial charge on any atom is -0.480 e. The van der Waals surface area contributed by atoms with Crippen LogP contribution in [0.1, 0.15) is 55.5 Å². The van der Waals surface area contributed by atoms with E-state index in [1.807, 2.05) is 6.07 Å². The summed E-state index contributed by atoms with van der Waals surface area (Å²) < 4.78 is 38.8. The molecule has 222 valence electrons. The number of alkyl halides is 3. The van der Waals surface area contributed by atoms with Crippen molar-refractivity contribution >= 4 is 29.4 Å². The van der Waals surface area contributed by atoms with Crippen LogP contribution in [0.2, 0.25) is 0 Å². The maximum absolute atomic E-state index is 13.1. The molecule has 1 unspecified atom stereocenters. The van der Waals surface area contributed by atoms with Crippen LogP contribution in [0.3, 0.4) is 0 Å². The molecule has 4 N–H and O–H groups in total. The first-order valence-corrected chi connectivity index (χ1v) is 13.7. The third-order valence-corrected chi connectivity index (χ3v) is 7.37. The average Bonchev–Trinajstić information content (AvgIpc) is 2.93. The second-order valence-corrected chi connectivity index (χ2v) is 10.8. The van der Waals surface area contributed by atoms with Crippen LogP contribution in [0, 0.1) is 11.8 Å². The standard InChI is InChI=1S/C31H32F3N3O5/c1-17(2)27(29(40)41)37-26(38)15-21-7-6-20-14-19(10-13-25(20)28(21)39)18-8-11-23(12-9-18)35-30(42)36-24-5-3-4-22(16-24)31(32,33)34/h4,8-14,16-17,21,27H,3,5-7,15H2,1-2H3,(H,37,38)(H,40,41)(H2,35,36,42)/t21?,27-/m0/s1. The summed E-state index contributed by atoms with van der Waals surface area (Å²) >= 11 is 0. The van der Waals surface area contributed by atoms with Gasteiger partial charge in [-0.05, 0) is 66.5 Å². The first-order chi connectivity index (χ1) is 19.8. The maximum Gasteiger partial charge on any atom is 0.416 e. The van der Waals surface area contributed by atoms with Gasteiger partial charge in [0.05, 0.1) is 5.57 Å². The van der Waals surface area contributed by atoms with Gasteiger partial charge in [-0.3, -0.25) is 9.59 Å². The fourth-order valence-electron chi connectivity index (χ4n) is 5.12. The van der Waals surface area contributed by atoms with Gasteiger partial charge < -0.3 is 21.1 Å². The number of Topliss-reactive ketones (excluding diaryl/α,β-unsaturated/α-hetero) is 1. The highest BCUT2D eigenvalue weighted by Gasteiger charge is 2.33. The van der Waals surface area contributed by atoms with Crippen LogP contribution < -0.4 is 16.0 Å². The van der Waals surface area contributed by atoms with Crippen LogP contribution in [0.15, 0.2) is 65.9 Å². The summed E-state index contributed by atoms with van der Waals surface area (Å²) in [7, 11) is 0. The number of carboxylic acids is 1. The van der Waals surface area contributed by atoms with Crippen LogP contribution in [0.5, 0.6) is 0 Å². The van der Waals surface area contributed by atoms with Gasteiger partial charge in [0, 0.05) is 29.3 Å². The van der Waals surface area contributed by atoms with Gasteiger partial charge in [-0.15, -0.1) is 0 Å². The molecule has 0 saturated heterocycles. The van der Waals surface area contributed by atoms with Crippen molar-refractivity contribution in [3.63, 3.8) is 0 Å². The number of fused-ring (bicyclic) bond motifs is 1. The molecule has 2 aromatic carbocycles. The number of aryl methyl sites for hydroxylation is 1. The lowest BCUT2D eigenvalue weighted by Gasteiger charge is -2.25. The molecule has 11 heteroatoms. The van der Waals surface area contributed by atoms with E-state index in [4.69, 9.17) is 0 Å². The van der Waals surface area contributed by atoms with Crippen molar-refractivity contribution in [3.8, 4) is 11.1 Å². The number of urea groups is 1. The molecule has 3 amide bonds. The molecule has 0 aromatic heterocycles. The molecule has 0 spiro atoms. The summed E-state index contributed by atoms with van der Waals surface area (Å²) in [4.78, 5) is 49.3. The minimum atomic E-state index is -4.47. The number of anilines is 1. The molecule has 2 atom stereocenters. The molecule has 0 radical (unpaired) electrons. The zero-order valence-corrected chi connectivity index (χ0v) is 23.2. The number of nitrogens with one attached hydrogen (secondary N) is 3. The van der Waals surface area contributed by atoms with Gasteiger partial charge in [-0.2, -0.15) is 13.2 Å². The van der Waals surface area contributed by atoms with Crippen LogP contribution in [-0.2, 0) is 16.0 Å². The predicted octanol–water partition coefficient (Wildman–Crippen LogP) is 6.00. The van der Waals surface area contributed by atoms with E-state index in [0.29, 0.717) is 30.5 Å². The summed E-state index contributed by atoms with van der Waals surface area (Å²) in [5.74, 6) is -2.54. The van der Waals surface area contributed by atoms with Crippen molar-refractivity contribution in [1.29, 1.82) is 0 Å². The van der Waals surface area contributed by atoms with Gasteiger partial charge in [0.2, 0.25) is 5.91 Å². The molecule has 2 aliphatic carbocycles. The highest BCUT2D eigenvalue weighted by molar-refractivity contribution is 6.02. The van der Waals surface area contributed by atoms with E-state index >= 15 is 0 Å². The number of hydrogen-bond acceptors (Lipinski definition) is 4. The number of carboxylic acid groups (broad SMARTS) is 1. The molecule has 0 heterocycles. The number of ketones is 1. The fraction of sp³-hybridized carbons (Fsp3) is 0.355. The summed E-state index contributed by atoms with van der Waals surface area (Å²) in [6.45, 7) is 3.40. The van der Waals surface area contributed by atoms with Gasteiger partial charge in [0.15, 0.2) is 5.78 Å². The lowest BCUT2D eigenvalue weighted by Crippen LogP contribution is -2.45. The zero-order valence-electron chi connectivity index (χ0n) is 23.2. The van der Waals surface area contributed by atoms with E-state index in [1.54, 1.807) is 50.2 Å². The first kappa shape index (κ1) is 30.5. The third kappa shape index (κ3) is 7.45. The monoisotopic (exact) mass is 583 g/mol. The average molecular weight is 584 g/mol. The number of benzene rings is 2. The molecular weight excluding hydrogens is 551 g/mol. The quantitative estimate of drug-likeness (QED) is 0.303. The Balaban J connectivity index is 1.36. The highest BCUT2D eigenvalue weighted by atomic mass is 19.4. The molecule has 0 saturated carbocycles. The lowest BCUT2D eigenvalue weighted by atomic mass is 9.80. The van der Waals surface area contributed by atoms with E-state index in [2.05, 4.69) is 16.0 Å². The van der Waals surface area contributed by atoms with Crippen LogP contribution >= 0.6 is 0 Å². The lowest BCUT2D eigenvalue weighted by molar-refractivity contribution is -0.143. The van der Waals surface area contributed by atoms with Gasteiger partial charge in [-0.25, -0.2) is 9.59 Å². The summed E-state index contributed by atoms with van der Waals surface area (Å²) in [5, 5.41) is 16.9. The number of allylic oxidation sites excluding steroid dienone is 4. The predicted molar refractivity (Wildman–Crippen MR) is 151 cm³/mol. The topological polar surface area (TPSA) is 125 Å². The molecule has 0 aliphatic heterocycles. The van der Waals surface area contributed by atoms with E-state index in [9.17, 15) is 37.5 Å². The molecular formula is C31H32F3N3O5. The number of aliphatic carboxylic acids is 1. The van der Waals surface area contributed by atoms with E-state index < -0.39 is 41.6 Å². The van der Waals surface area contributed by atoms with Crippen molar-refractivity contribution in [1.82, 2.24) is 10.6 Å². The van der Waals surface area contributed by atoms with E-state index in [-0.39, 0.29) is 30.2 Å². The Morgan fingerprint density at radius 1 is 1.00 bits per heavy atom. The normalized spacial score (nSPS) is 17.5. The molecule has 42 heavy (non-hydrogen) atoms. The SMILES string of the molecule is CC(C)[C@H](NC(=O)CC1CCc2cc(-c3ccc(NC(=O)NC4=CC(C(F)(F)F)=CCC4)cc3)ccc2C1=O)C(=O)O. The number of halogens is 3. The van der Waals surface area contributed by atoms with E-state index in [1.165, 1.54) is 0 Å². The third-order valence-electron chi connectivity index (χ3n) is 7.37. The second-order valence-electron chi connectivity index (χ2n) is 10.8. The zero-order chi connectivity index (χ0) is 30.6. The largest absolute Gasteiger partial charge is 0.480 e. The Morgan fingerprint density at radius 2 is 1.69 bits per heavy atom. The van der Waals surface area contributed by atoms with Crippen LogP contribution in [-0.4, -0.2) is 41.0 Å². The Morgan fingerprint density at radius 3 is 2.33 bits per heavy atom. The smallest absolute Gasteiger partial charge is 0.416 e. The molecule has 0 fully saturated rings. The number of amides is 3. The Hall–Kier alpha value is -4.41. The molecule has 2 aromatic rings. The van der Waals surface area contributed by atoms with Gasteiger partial charge >= 0.3 is 18.2 Å². The highest BCUT2D eigenvalue weighted by Crippen LogP contribution is 2.33. The van der Waals surface area contributed by atoms with E-state index in [0.717, 1.165) is 28.8 Å². The van der Waals surface area contributed by atoms with Crippen molar-refractivity contribution in [2.75, 3.05) is 5.32 Å². The Bertz CT molecular complexity index is 1440. The number of carbonyl (C=O) groups is 4. The summed E-state index contributed by atoms with van der Waals surface area (Å²) in [5.41, 5.74) is 2.94. The fourth-order valence-corrected chi connectivity index (χ4v) is 5.12. The van der Waals surface area contributed by atoms with Crippen molar-refractivity contribution in [2.24, 2.45) is 11.8 Å². The number of hydrogen-bond donors (Lipinski definition) is 4. The van der Waals surface area contributed by atoms with Gasteiger partial charge in [0.1, 0.15) is 6.04 Å². The number of carbonyl (C=O) groups excluding carboxylic acids is 3. The number of rotatable bonds is 8. The van der Waals surface area contributed by atoms with Crippen LogP contribution in [0.4, 0.5) is 23.7 Å². The Kier molecular flexibility index (Phi) is 9.18. The molecule has 8 nitrogen and oxygen atoms in total.